The van der Waals surface area contributed by atoms with Crippen LogP contribution in [0.25, 0.3) is 0 Å². The number of hydrogen-bond acceptors (Lipinski definition) is 3. The molecular formula is C24H32F6N2O2. The fourth-order valence-corrected chi connectivity index (χ4v) is 5.22. The van der Waals surface area contributed by atoms with E-state index in [4.69, 9.17) is 4.74 Å². The largest absolute Gasteiger partial charge is 0.416 e. The number of amides is 1. The van der Waals surface area contributed by atoms with E-state index in [1.165, 1.54) is 0 Å². The Hall–Kier alpha value is -1.81. The highest BCUT2D eigenvalue weighted by atomic mass is 19.4. The Bertz CT molecular complexity index is 817. The van der Waals surface area contributed by atoms with Crippen molar-refractivity contribution >= 4 is 5.91 Å². The summed E-state index contributed by atoms with van der Waals surface area (Å²) in [7, 11) is 0. The van der Waals surface area contributed by atoms with Crippen LogP contribution in [0, 0.1) is 11.3 Å². The molecule has 0 spiro atoms. The lowest BCUT2D eigenvalue weighted by atomic mass is 9.77. The highest BCUT2D eigenvalue weighted by Gasteiger charge is 2.46. The Balaban J connectivity index is 1.73. The minimum Gasteiger partial charge on any atom is -0.381 e. The number of hydrogen-bond donors (Lipinski definition) is 2. The van der Waals surface area contributed by atoms with Gasteiger partial charge in [0.2, 0.25) is 5.91 Å². The fraction of sp³-hybridized carbons (Fsp3) is 0.708. The molecule has 4 nitrogen and oxygen atoms in total. The van der Waals surface area contributed by atoms with Crippen LogP contribution in [-0.4, -0.2) is 31.2 Å². The minimum absolute atomic E-state index is 0.0924. The molecule has 2 unspecified atom stereocenters. The summed E-state index contributed by atoms with van der Waals surface area (Å²) in [6.45, 7) is 4.98. The van der Waals surface area contributed by atoms with Gasteiger partial charge in [-0.05, 0) is 68.2 Å². The van der Waals surface area contributed by atoms with E-state index in [1.54, 1.807) is 0 Å². The molecular weight excluding hydrogens is 462 g/mol. The van der Waals surface area contributed by atoms with Gasteiger partial charge in [0, 0.05) is 31.8 Å². The van der Waals surface area contributed by atoms with Gasteiger partial charge in [0.15, 0.2) is 0 Å². The summed E-state index contributed by atoms with van der Waals surface area (Å²) >= 11 is 0. The molecule has 3 rings (SSSR count). The van der Waals surface area contributed by atoms with Gasteiger partial charge in [0.05, 0.1) is 16.5 Å². The number of carbonyl (C=O) groups excluding carboxylic acids is 1. The first-order valence-electron chi connectivity index (χ1n) is 11.7. The first-order chi connectivity index (χ1) is 15.8. The Labute approximate surface area is 195 Å². The van der Waals surface area contributed by atoms with Crippen molar-refractivity contribution in [3.8, 4) is 0 Å². The first kappa shape index (κ1) is 26.8. The summed E-state index contributed by atoms with van der Waals surface area (Å²) < 4.78 is 84.3. The van der Waals surface area contributed by atoms with E-state index in [0.717, 1.165) is 19.3 Å². The third kappa shape index (κ3) is 6.87. The van der Waals surface area contributed by atoms with Crippen molar-refractivity contribution in [3.63, 3.8) is 0 Å². The molecule has 34 heavy (non-hydrogen) atoms. The maximum Gasteiger partial charge on any atom is 0.416 e. The molecule has 1 saturated heterocycles. The Kier molecular flexibility index (Phi) is 8.22. The van der Waals surface area contributed by atoms with Crippen molar-refractivity contribution in [2.45, 2.75) is 83.4 Å². The summed E-state index contributed by atoms with van der Waals surface area (Å²) in [5.41, 5.74) is -3.70. The van der Waals surface area contributed by atoms with Crippen molar-refractivity contribution < 1.29 is 35.9 Å². The van der Waals surface area contributed by atoms with Crippen molar-refractivity contribution in [1.29, 1.82) is 0 Å². The molecule has 1 heterocycles. The highest BCUT2D eigenvalue weighted by molar-refractivity contribution is 5.83. The van der Waals surface area contributed by atoms with Crippen LogP contribution in [-0.2, 0) is 28.4 Å². The van der Waals surface area contributed by atoms with Gasteiger partial charge >= 0.3 is 12.4 Å². The molecule has 10 heteroatoms. The van der Waals surface area contributed by atoms with Crippen LogP contribution in [0.3, 0.4) is 0 Å². The smallest absolute Gasteiger partial charge is 0.381 e. The zero-order chi connectivity index (χ0) is 25.1. The van der Waals surface area contributed by atoms with Gasteiger partial charge in [-0.2, -0.15) is 26.3 Å². The van der Waals surface area contributed by atoms with Crippen LogP contribution in [0.15, 0.2) is 18.2 Å². The van der Waals surface area contributed by atoms with E-state index in [2.05, 4.69) is 10.6 Å². The number of nitrogens with one attached hydrogen (secondary N) is 2. The van der Waals surface area contributed by atoms with E-state index in [9.17, 15) is 31.1 Å². The quantitative estimate of drug-likeness (QED) is 0.479. The van der Waals surface area contributed by atoms with Crippen molar-refractivity contribution in [3.05, 3.63) is 34.9 Å². The molecule has 0 bridgehead atoms. The molecule has 2 atom stereocenters. The molecule has 1 amide bonds. The minimum atomic E-state index is -4.92. The number of halogens is 6. The standard InChI is InChI=1S/C24H32F6N2O2/c1-15(2)12-22(6-3-20(13-22)32-19-4-7-34-8-5-19)21(33)31-14-16-9-17(23(25,26)27)11-18(10-16)24(28,29)30/h9-11,15,19-20,32H,3-8,12-14H2,1-2H3,(H,31,33). The third-order valence-corrected chi connectivity index (χ3v) is 6.68. The Morgan fingerprint density at radius 1 is 1.00 bits per heavy atom. The fourth-order valence-electron chi connectivity index (χ4n) is 5.22. The highest BCUT2D eigenvalue weighted by Crippen LogP contribution is 2.44. The van der Waals surface area contributed by atoms with E-state index in [1.807, 2.05) is 13.8 Å². The molecule has 2 aliphatic rings. The average Bonchev–Trinajstić information content (AvgIpc) is 3.14. The second-order valence-electron chi connectivity index (χ2n) is 9.97. The first-order valence-corrected chi connectivity index (χ1v) is 11.7. The molecule has 1 aliphatic heterocycles. The van der Waals surface area contributed by atoms with E-state index < -0.39 is 35.4 Å². The monoisotopic (exact) mass is 494 g/mol. The number of benzene rings is 1. The summed E-state index contributed by atoms with van der Waals surface area (Å²) in [4.78, 5) is 13.3. The van der Waals surface area contributed by atoms with Gasteiger partial charge in [0.25, 0.3) is 0 Å². The Morgan fingerprint density at radius 2 is 1.59 bits per heavy atom. The predicted molar refractivity (Wildman–Crippen MR) is 115 cm³/mol. The average molecular weight is 495 g/mol. The normalized spacial score (nSPS) is 24.6. The van der Waals surface area contributed by atoms with Gasteiger partial charge in [0.1, 0.15) is 0 Å². The number of alkyl halides is 6. The van der Waals surface area contributed by atoms with Gasteiger partial charge in [-0.1, -0.05) is 13.8 Å². The molecule has 0 aromatic heterocycles. The van der Waals surface area contributed by atoms with Crippen molar-refractivity contribution in [2.75, 3.05) is 13.2 Å². The molecule has 192 valence electrons. The topological polar surface area (TPSA) is 50.4 Å². The lowest BCUT2D eigenvalue weighted by Gasteiger charge is -2.31. The zero-order valence-electron chi connectivity index (χ0n) is 19.4. The van der Waals surface area contributed by atoms with Crippen LogP contribution in [0.4, 0.5) is 26.3 Å². The maximum absolute atomic E-state index is 13.3. The molecule has 2 N–H and O–H groups in total. The summed E-state index contributed by atoms with van der Waals surface area (Å²) in [5, 5.41) is 6.26. The second-order valence-corrected chi connectivity index (χ2v) is 9.97. The summed E-state index contributed by atoms with van der Waals surface area (Å²) in [6.07, 6.45) is -5.45. The molecule has 1 saturated carbocycles. The van der Waals surface area contributed by atoms with Gasteiger partial charge < -0.3 is 15.4 Å². The second kappa shape index (κ2) is 10.4. The maximum atomic E-state index is 13.3. The zero-order valence-corrected chi connectivity index (χ0v) is 19.4. The van der Waals surface area contributed by atoms with E-state index >= 15 is 0 Å². The SMILES string of the molecule is CC(C)CC1(C(=O)NCc2cc(C(F)(F)F)cc(C(F)(F)F)c2)CCC(NC2CCOCC2)C1. The Morgan fingerprint density at radius 3 is 2.12 bits per heavy atom. The van der Waals surface area contributed by atoms with Crippen LogP contribution in [0.5, 0.6) is 0 Å². The van der Waals surface area contributed by atoms with Gasteiger partial charge in [-0.3, -0.25) is 4.79 Å². The van der Waals surface area contributed by atoms with Crippen molar-refractivity contribution in [1.82, 2.24) is 10.6 Å². The predicted octanol–water partition coefficient (Wildman–Crippen LogP) is 5.69. The van der Waals surface area contributed by atoms with Crippen molar-refractivity contribution in [2.24, 2.45) is 11.3 Å². The van der Waals surface area contributed by atoms with E-state index in [-0.39, 0.29) is 29.5 Å². The summed E-state index contributed by atoms with van der Waals surface area (Å²) in [6, 6.07) is 1.87. The van der Waals surface area contributed by atoms with Crippen LogP contribution < -0.4 is 10.6 Å². The third-order valence-electron chi connectivity index (χ3n) is 6.68. The molecule has 2 fully saturated rings. The lowest BCUT2D eigenvalue weighted by Crippen LogP contribution is -2.44. The molecule has 1 aliphatic carbocycles. The van der Waals surface area contributed by atoms with Crippen LogP contribution in [0.1, 0.15) is 69.1 Å². The molecule has 0 radical (unpaired) electrons. The van der Waals surface area contributed by atoms with Crippen LogP contribution >= 0.6 is 0 Å². The van der Waals surface area contributed by atoms with E-state index in [0.29, 0.717) is 50.7 Å². The number of carbonyl (C=O) groups is 1. The van der Waals surface area contributed by atoms with Crippen LogP contribution in [0.2, 0.25) is 0 Å². The van der Waals surface area contributed by atoms with Gasteiger partial charge in [-0.15, -0.1) is 0 Å². The summed E-state index contributed by atoms with van der Waals surface area (Å²) in [5.74, 6) is -0.110. The number of rotatable bonds is 7. The molecule has 1 aromatic carbocycles. The number of ether oxygens (including phenoxy) is 1. The lowest BCUT2D eigenvalue weighted by molar-refractivity contribution is -0.143. The van der Waals surface area contributed by atoms with Gasteiger partial charge in [-0.25, -0.2) is 0 Å². The molecule has 1 aromatic rings.